The molecule has 0 aliphatic carbocycles. The van der Waals surface area contributed by atoms with Crippen LogP contribution in [0, 0.1) is 0 Å². The number of halogens is 1. The standard InChI is InChI=1S/C13H21BO4S.C7H9BrO2S/c1-6-15-9-16-11-8-19-7-10(11)14-17-12(2,3)13(4,5)18-14;1-2-9-5-10-7-4-11-3-6(7)8/h7-8H,6,9H2,1-5H3;3-4H,2,5H2,1H3. The highest BCUT2D eigenvalue weighted by Gasteiger charge is 2.52. The molecule has 6 nitrogen and oxygen atoms in total. The van der Waals surface area contributed by atoms with Gasteiger partial charge in [0.1, 0.15) is 11.5 Å². The Hall–Kier alpha value is -0.615. The van der Waals surface area contributed by atoms with Crippen molar-refractivity contribution in [1.82, 2.24) is 0 Å². The second-order valence-electron chi connectivity index (χ2n) is 7.37. The van der Waals surface area contributed by atoms with Crippen LogP contribution in [0.25, 0.3) is 0 Å². The third kappa shape index (κ3) is 6.95. The van der Waals surface area contributed by atoms with E-state index in [1.165, 1.54) is 0 Å². The van der Waals surface area contributed by atoms with Gasteiger partial charge in [-0.05, 0) is 62.9 Å². The third-order valence-electron chi connectivity index (χ3n) is 4.75. The molecule has 0 amide bonds. The highest BCUT2D eigenvalue weighted by Crippen LogP contribution is 2.37. The van der Waals surface area contributed by atoms with Gasteiger partial charge < -0.3 is 28.3 Å². The van der Waals surface area contributed by atoms with Crippen molar-refractivity contribution in [2.75, 3.05) is 26.8 Å². The van der Waals surface area contributed by atoms with E-state index in [0.29, 0.717) is 20.0 Å². The molecule has 2 aromatic heterocycles. The molecule has 0 N–H and O–H groups in total. The molecular formula is C20H30BBrO6S2. The maximum atomic E-state index is 6.02. The zero-order valence-corrected chi connectivity index (χ0v) is 21.6. The normalized spacial score (nSPS) is 16.8. The predicted molar refractivity (Wildman–Crippen MR) is 126 cm³/mol. The summed E-state index contributed by atoms with van der Waals surface area (Å²) >= 11 is 6.52. The minimum atomic E-state index is -0.382. The van der Waals surface area contributed by atoms with E-state index in [-0.39, 0.29) is 25.1 Å². The van der Waals surface area contributed by atoms with Gasteiger partial charge in [0.15, 0.2) is 13.6 Å². The molecule has 10 heteroatoms. The fourth-order valence-corrected chi connectivity index (χ4v) is 4.40. The van der Waals surface area contributed by atoms with E-state index in [2.05, 4.69) is 15.9 Å². The molecule has 0 unspecified atom stereocenters. The average Bonchev–Trinajstić information content (AvgIpc) is 3.35. The Balaban J connectivity index is 0.000000248. The molecule has 1 fully saturated rings. The first kappa shape index (κ1) is 25.6. The van der Waals surface area contributed by atoms with Gasteiger partial charge in [-0.1, -0.05) is 0 Å². The summed E-state index contributed by atoms with van der Waals surface area (Å²) < 4.78 is 34.1. The molecule has 2 aromatic rings. The summed E-state index contributed by atoms with van der Waals surface area (Å²) in [6, 6.07) is 0. The van der Waals surface area contributed by atoms with Crippen molar-refractivity contribution in [2.45, 2.75) is 52.7 Å². The molecule has 0 bridgehead atoms. The van der Waals surface area contributed by atoms with E-state index in [1.807, 2.05) is 63.1 Å². The first-order chi connectivity index (χ1) is 14.2. The molecule has 0 radical (unpaired) electrons. The van der Waals surface area contributed by atoms with Gasteiger partial charge in [0.2, 0.25) is 0 Å². The summed E-state index contributed by atoms with van der Waals surface area (Å²) in [4.78, 5) is 0. The van der Waals surface area contributed by atoms with Crippen molar-refractivity contribution < 1.29 is 28.3 Å². The Morgan fingerprint density at radius 1 is 0.833 bits per heavy atom. The number of hydrogen-bond donors (Lipinski definition) is 0. The number of rotatable bonds is 9. The van der Waals surface area contributed by atoms with Crippen LogP contribution in [-0.4, -0.2) is 45.1 Å². The van der Waals surface area contributed by atoms with E-state index < -0.39 is 0 Å². The fourth-order valence-electron chi connectivity index (χ4n) is 2.30. The number of thiophene rings is 2. The van der Waals surface area contributed by atoms with E-state index in [1.54, 1.807) is 22.7 Å². The molecular weight excluding hydrogens is 491 g/mol. The van der Waals surface area contributed by atoms with Crippen molar-refractivity contribution in [3.63, 3.8) is 0 Å². The Bertz CT molecular complexity index is 748. The minimum Gasteiger partial charge on any atom is -0.467 e. The monoisotopic (exact) mass is 520 g/mol. The Morgan fingerprint density at radius 3 is 1.83 bits per heavy atom. The van der Waals surface area contributed by atoms with Crippen molar-refractivity contribution in [2.24, 2.45) is 0 Å². The molecule has 1 saturated heterocycles. The topological polar surface area (TPSA) is 55.4 Å². The predicted octanol–water partition coefficient (Wildman–Crippen LogP) is 5.30. The quantitative estimate of drug-likeness (QED) is 0.254. The molecule has 3 heterocycles. The Morgan fingerprint density at radius 2 is 1.33 bits per heavy atom. The van der Waals surface area contributed by atoms with Crippen LogP contribution in [0.4, 0.5) is 0 Å². The molecule has 30 heavy (non-hydrogen) atoms. The lowest BCUT2D eigenvalue weighted by molar-refractivity contribution is 0.00578. The van der Waals surface area contributed by atoms with Crippen LogP contribution >= 0.6 is 38.6 Å². The van der Waals surface area contributed by atoms with Crippen molar-refractivity contribution >= 4 is 51.2 Å². The van der Waals surface area contributed by atoms with Crippen LogP contribution < -0.4 is 14.9 Å². The number of ether oxygens (including phenoxy) is 4. The molecule has 0 aromatic carbocycles. The molecule has 168 valence electrons. The van der Waals surface area contributed by atoms with Gasteiger partial charge in [-0.2, -0.15) is 0 Å². The summed E-state index contributed by atoms with van der Waals surface area (Å²) in [7, 11) is -0.382. The van der Waals surface area contributed by atoms with Crippen LogP contribution in [-0.2, 0) is 18.8 Å². The zero-order valence-electron chi connectivity index (χ0n) is 18.4. The van der Waals surface area contributed by atoms with E-state index in [4.69, 9.17) is 28.3 Å². The molecule has 0 saturated carbocycles. The molecule has 0 spiro atoms. The molecule has 1 aliphatic heterocycles. The summed E-state index contributed by atoms with van der Waals surface area (Å²) in [5, 5.41) is 7.85. The van der Waals surface area contributed by atoms with E-state index in [9.17, 15) is 0 Å². The highest BCUT2D eigenvalue weighted by atomic mass is 79.9. The number of hydrogen-bond acceptors (Lipinski definition) is 8. The van der Waals surface area contributed by atoms with Gasteiger partial charge in [-0.15, -0.1) is 22.7 Å². The maximum absolute atomic E-state index is 6.02. The van der Waals surface area contributed by atoms with Gasteiger partial charge in [0.25, 0.3) is 0 Å². The largest absolute Gasteiger partial charge is 0.499 e. The van der Waals surface area contributed by atoms with Gasteiger partial charge in [0, 0.05) is 34.8 Å². The maximum Gasteiger partial charge on any atom is 0.499 e. The molecule has 1 aliphatic rings. The first-order valence-electron chi connectivity index (χ1n) is 9.76. The van der Waals surface area contributed by atoms with Gasteiger partial charge >= 0.3 is 7.12 Å². The molecule has 0 atom stereocenters. The van der Waals surface area contributed by atoms with Crippen LogP contribution in [0.3, 0.4) is 0 Å². The van der Waals surface area contributed by atoms with Gasteiger partial charge in [-0.25, -0.2) is 0 Å². The fraction of sp³-hybridized carbons (Fsp3) is 0.600. The smallest absolute Gasteiger partial charge is 0.467 e. The van der Waals surface area contributed by atoms with E-state index >= 15 is 0 Å². The zero-order chi connectivity index (χ0) is 22.2. The van der Waals surface area contributed by atoms with Crippen LogP contribution in [0.1, 0.15) is 41.5 Å². The lowest BCUT2D eigenvalue weighted by Crippen LogP contribution is -2.41. The van der Waals surface area contributed by atoms with Crippen LogP contribution in [0.2, 0.25) is 0 Å². The van der Waals surface area contributed by atoms with Crippen LogP contribution in [0.5, 0.6) is 11.5 Å². The van der Waals surface area contributed by atoms with Gasteiger partial charge in [-0.3, -0.25) is 0 Å². The summed E-state index contributed by atoms with van der Waals surface area (Å²) in [5.41, 5.74) is 0.261. The van der Waals surface area contributed by atoms with E-state index in [0.717, 1.165) is 21.4 Å². The van der Waals surface area contributed by atoms with Crippen molar-refractivity contribution in [3.05, 3.63) is 26.0 Å². The lowest BCUT2D eigenvalue weighted by Gasteiger charge is -2.32. The SMILES string of the molecule is CCOCOc1cscc1B1OC(C)(C)C(C)(C)O1.CCOCOc1cscc1Br. The average molecular weight is 521 g/mol. The highest BCUT2D eigenvalue weighted by molar-refractivity contribution is 9.10. The van der Waals surface area contributed by atoms with Crippen molar-refractivity contribution in [1.29, 1.82) is 0 Å². The first-order valence-corrected chi connectivity index (χ1v) is 12.4. The summed E-state index contributed by atoms with van der Waals surface area (Å²) in [6.07, 6.45) is 0. The summed E-state index contributed by atoms with van der Waals surface area (Å²) in [5.74, 6) is 1.63. The Labute approximate surface area is 196 Å². The minimum absolute atomic E-state index is 0.250. The van der Waals surface area contributed by atoms with Crippen molar-refractivity contribution in [3.8, 4) is 11.5 Å². The van der Waals surface area contributed by atoms with Crippen LogP contribution in [0.15, 0.2) is 26.0 Å². The van der Waals surface area contributed by atoms with Gasteiger partial charge in [0.05, 0.1) is 15.7 Å². The summed E-state index contributed by atoms with van der Waals surface area (Å²) in [6.45, 7) is 13.9. The third-order valence-corrected chi connectivity index (χ3v) is 7.13. The second kappa shape index (κ2) is 11.8. The molecule has 3 rings (SSSR count). The second-order valence-corrected chi connectivity index (χ2v) is 9.72. The lowest BCUT2D eigenvalue weighted by atomic mass is 9.81. The Kier molecular flexibility index (Phi) is 10.1.